The lowest BCUT2D eigenvalue weighted by Crippen LogP contribution is -2.13. The molecule has 0 bridgehead atoms. The maximum atomic E-state index is 9.26. The van der Waals surface area contributed by atoms with Crippen LogP contribution in [0.5, 0.6) is 17.2 Å². The zero-order valence-corrected chi connectivity index (χ0v) is 18.0. The lowest BCUT2D eigenvalue weighted by atomic mass is 10.3. The molecule has 0 radical (unpaired) electrons. The highest BCUT2D eigenvalue weighted by Crippen LogP contribution is 2.43. The molecule has 0 aliphatic rings. The predicted molar refractivity (Wildman–Crippen MR) is 119 cm³/mol. The lowest BCUT2D eigenvalue weighted by Gasteiger charge is -2.17. The summed E-state index contributed by atoms with van der Waals surface area (Å²) in [7, 11) is -0.680. The molecule has 164 valence electrons. The van der Waals surface area contributed by atoms with Gasteiger partial charge in [0.25, 0.3) is 0 Å². The maximum absolute atomic E-state index is 9.26. The SMILES string of the molecule is OCCOc1ccccc1[S+](c1ccccc1OCCO)c1ccccc1OCCO. The molecule has 0 heterocycles. The second-order valence-corrected chi connectivity index (χ2v) is 8.29. The number of hydrogen-bond donors (Lipinski definition) is 3. The van der Waals surface area contributed by atoms with Crippen molar-refractivity contribution in [3.63, 3.8) is 0 Å². The van der Waals surface area contributed by atoms with E-state index in [1.807, 2.05) is 72.8 Å². The van der Waals surface area contributed by atoms with E-state index < -0.39 is 10.9 Å². The molecule has 0 unspecified atom stereocenters. The van der Waals surface area contributed by atoms with E-state index in [1.165, 1.54) is 0 Å². The fourth-order valence-electron chi connectivity index (χ4n) is 3.04. The highest BCUT2D eigenvalue weighted by atomic mass is 32.2. The molecule has 0 amide bonds. The molecule has 0 atom stereocenters. The number of hydrogen-bond acceptors (Lipinski definition) is 6. The van der Waals surface area contributed by atoms with Crippen LogP contribution in [0.15, 0.2) is 87.5 Å². The fraction of sp³-hybridized carbons (Fsp3) is 0.250. The third-order valence-corrected chi connectivity index (χ3v) is 6.59. The largest absolute Gasteiger partial charge is 0.486 e. The Morgan fingerprint density at radius 3 is 1.06 bits per heavy atom. The van der Waals surface area contributed by atoms with Crippen molar-refractivity contribution in [3.8, 4) is 17.2 Å². The van der Waals surface area contributed by atoms with Gasteiger partial charge in [-0.05, 0) is 36.4 Å². The van der Waals surface area contributed by atoms with Gasteiger partial charge in [-0.1, -0.05) is 36.4 Å². The summed E-state index contributed by atoms with van der Waals surface area (Å²) in [6.07, 6.45) is 0. The van der Waals surface area contributed by atoms with Crippen molar-refractivity contribution in [1.29, 1.82) is 0 Å². The molecule has 0 saturated carbocycles. The number of ether oxygens (including phenoxy) is 3. The zero-order chi connectivity index (χ0) is 21.9. The Morgan fingerprint density at radius 1 is 0.484 bits per heavy atom. The van der Waals surface area contributed by atoms with E-state index in [4.69, 9.17) is 14.2 Å². The number of para-hydroxylation sites is 3. The van der Waals surface area contributed by atoms with Crippen molar-refractivity contribution in [2.24, 2.45) is 0 Å². The van der Waals surface area contributed by atoms with Crippen LogP contribution in [-0.2, 0) is 10.9 Å². The summed E-state index contributed by atoms with van der Waals surface area (Å²) in [5.74, 6) is 1.98. The van der Waals surface area contributed by atoms with Gasteiger partial charge in [0.2, 0.25) is 14.7 Å². The van der Waals surface area contributed by atoms with E-state index in [1.54, 1.807) is 0 Å². The van der Waals surface area contributed by atoms with Crippen molar-refractivity contribution in [3.05, 3.63) is 72.8 Å². The molecule has 3 aromatic rings. The first-order valence-electron chi connectivity index (χ1n) is 10.0. The summed E-state index contributed by atoms with van der Waals surface area (Å²) in [4.78, 5) is 2.74. The first-order valence-corrected chi connectivity index (χ1v) is 11.2. The third-order valence-electron chi connectivity index (χ3n) is 4.25. The Hall–Kier alpha value is -2.71. The Labute approximate surface area is 185 Å². The van der Waals surface area contributed by atoms with Gasteiger partial charge in [-0.2, -0.15) is 0 Å². The van der Waals surface area contributed by atoms with E-state index in [0.717, 1.165) is 14.7 Å². The maximum Gasteiger partial charge on any atom is 0.208 e. The molecule has 0 spiro atoms. The summed E-state index contributed by atoms with van der Waals surface area (Å²) >= 11 is 0. The van der Waals surface area contributed by atoms with Gasteiger partial charge in [0.05, 0.1) is 19.8 Å². The van der Waals surface area contributed by atoms with Gasteiger partial charge in [-0.3, -0.25) is 0 Å². The Morgan fingerprint density at radius 2 is 0.774 bits per heavy atom. The topological polar surface area (TPSA) is 88.4 Å². The van der Waals surface area contributed by atoms with Crippen LogP contribution in [-0.4, -0.2) is 55.0 Å². The van der Waals surface area contributed by atoms with Gasteiger partial charge in [0, 0.05) is 0 Å². The normalized spacial score (nSPS) is 10.8. The minimum Gasteiger partial charge on any atom is -0.486 e. The van der Waals surface area contributed by atoms with Gasteiger partial charge >= 0.3 is 0 Å². The minimum absolute atomic E-state index is 0.0888. The van der Waals surface area contributed by atoms with Crippen molar-refractivity contribution in [2.45, 2.75) is 14.7 Å². The quantitative estimate of drug-likeness (QED) is 0.373. The van der Waals surface area contributed by atoms with Crippen molar-refractivity contribution >= 4 is 10.9 Å². The standard InChI is InChI=1S/C24H27O6S/c25-13-16-28-19-7-1-4-10-22(19)31(23-11-5-2-8-20(23)29-17-14-26)24-12-6-3-9-21(24)30-18-15-27/h1-12,25-27H,13-18H2/q+1. The van der Waals surface area contributed by atoms with Gasteiger partial charge in [-0.15, -0.1) is 0 Å². The molecule has 0 aliphatic carbocycles. The van der Waals surface area contributed by atoms with Crippen LogP contribution in [0.4, 0.5) is 0 Å². The molecular weight excluding hydrogens is 416 g/mol. The summed E-state index contributed by atoms with van der Waals surface area (Å²) in [5, 5.41) is 27.8. The molecule has 3 N–H and O–H groups in total. The van der Waals surface area contributed by atoms with Crippen LogP contribution in [0.2, 0.25) is 0 Å². The Bertz CT molecular complexity index is 826. The van der Waals surface area contributed by atoms with Gasteiger partial charge in [-0.25, -0.2) is 0 Å². The summed E-state index contributed by atoms with van der Waals surface area (Å²) in [6, 6.07) is 23.1. The van der Waals surface area contributed by atoms with Crippen LogP contribution in [0.25, 0.3) is 0 Å². The fourth-order valence-corrected chi connectivity index (χ4v) is 5.38. The monoisotopic (exact) mass is 443 g/mol. The van der Waals surface area contributed by atoms with E-state index in [2.05, 4.69) is 0 Å². The number of aliphatic hydroxyl groups excluding tert-OH is 3. The van der Waals surface area contributed by atoms with Crippen molar-refractivity contribution < 1.29 is 29.5 Å². The van der Waals surface area contributed by atoms with Gasteiger partial charge < -0.3 is 29.5 Å². The average Bonchev–Trinajstić information content (AvgIpc) is 2.82. The molecular formula is C24H27O6S+. The van der Waals surface area contributed by atoms with Crippen molar-refractivity contribution in [2.75, 3.05) is 39.6 Å². The van der Waals surface area contributed by atoms with E-state index in [-0.39, 0.29) is 39.6 Å². The van der Waals surface area contributed by atoms with E-state index in [9.17, 15) is 15.3 Å². The summed E-state index contributed by atoms with van der Waals surface area (Å²) < 4.78 is 17.5. The summed E-state index contributed by atoms with van der Waals surface area (Å²) in [6.45, 7) is 0.274. The zero-order valence-electron chi connectivity index (χ0n) is 17.1. The Kier molecular flexibility index (Phi) is 9.05. The van der Waals surface area contributed by atoms with Crippen LogP contribution in [0, 0.1) is 0 Å². The van der Waals surface area contributed by atoms with Crippen LogP contribution in [0.3, 0.4) is 0 Å². The smallest absolute Gasteiger partial charge is 0.208 e. The molecule has 3 aromatic carbocycles. The number of rotatable bonds is 12. The number of aliphatic hydroxyl groups is 3. The number of benzene rings is 3. The second kappa shape index (κ2) is 12.2. The molecule has 6 nitrogen and oxygen atoms in total. The van der Waals surface area contributed by atoms with Gasteiger partial charge in [0.1, 0.15) is 30.7 Å². The van der Waals surface area contributed by atoms with Crippen LogP contribution in [0.1, 0.15) is 0 Å². The predicted octanol–water partition coefficient (Wildman–Crippen LogP) is 2.90. The average molecular weight is 444 g/mol. The van der Waals surface area contributed by atoms with E-state index in [0.29, 0.717) is 17.2 Å². The van der Waals surface area contributed by atoms with E-state index >= 15 is 0 Å². The third kappa shape index (κ3) is 5.92. The van der Waals surface area contributed by atoms with Gasteiger partial charge in [0.15, 0.2) is 17.2 Å². The second-order valence-electron chi connectivity index (χ2n) is 6.36. The Balaban J connectivity index is 2.18. The molecule has 0 fully saturated rings. The molecule has 0 saturated heterocycles. The van der Waals surface area contributed by atoms with Crippen LogP contribution >= 0.6 is 0 Å². The molecule has 31 heavy (non-hydrogen) atoms. The molecule has 0 aromatic heterocycles. The highest BCUT2D eigenvalue weighted by Gasteiger charge is 2.37. The highest BCUT2D eigenvalue weighted by molar-refractivity contribution is 7.97. The van der Waals surface area contributed by atoms with Crippen molar-refractivity contribution in [1.82, 2.24) is 0 Å². The molecule has 0 aliphatic heterocycles. The first kappa shape index (κ1) is 23.0. The van der Waals surface area contributed by atoms with Crippen LogP contribution < -0.4 is 14.2 Å². The lowest BCUT2D eigenvalue weighted by molar-refractivity contribution is 0.197. The minimum atomic E-state index is -0.680. The first-order chi connectivity index (χ1) is 15.3. The molecule has 3 rings (SSSR count). The summed E-state index contributed by atoms with van der Waals surface area (Å²) in [5.41, 5.74) is 0. The molecule has 7 heteroatoms.